The molecule has 0 aromatic carbocycles. The van der Waals surface area contributed by atoms with Crippen LogP contribution in [0.3, 0.4) is 0 Å². The number of unbranched alkanes of at least 4 members (excludes halogenated alkanes) is 1. The van der Waals surface area contributed by atoms with Gasteiger partial charge in [-0.1, -0.05) is 5.16 Å². The lowest BCUT2D eigenvalue weighted by atomic mass is 10.3. The van der Waals surface area contributed by atoms with Gasteiger partial charge in [0, 0.05) is 13.2 Å². The number of nitrogens with two attached hydrogens (primary N) is 1. The highest BCUT2D eigenvalue weighted by molar-refractivity contribution is 5.83. The minimum Gasteiger partial charge on any atom is -0.409 e. The quantitative estimate of drug-likeness (QED) is 0.169. The fourth-order valence-corrected chi connectivity index (χ4v) is 1.27. The van der Waals surface area contributed by atoms with Crippen molar-refractivity contribution in [3.63, 3.8) is 0 Å². The van der Waals surface area contributed by atoms with Crippen LogP contribution in [0.25, 0.3) is 0 Å². The second-order valence-corrected chi connectivity index (χ2v) is 4.41. The molecule has 4 N–H and O–H groups in total. The van der Waals surface area contributed by atoms with E-state index in [1.54, 1.807) is 6.92 Å². The standard InChI is InChI=1S/C12H27N3O3/c1-10(2)17-8-5-4-6-14-7-9-18-11(3)12(13)15-16/h10-11,14,16H,4-9H2,1-3H3,(H2,13,15). The number of rotatable bonds is 11. The van der Waals surface area contributed by atoms with E-state index in [-0.39, 0.29) is 11.9 Å². The summed E-state index contributed by atoms with van der Waals surface area (Å²) in [6.07, 6.45) is 2.11. The zero-order valence-electron chi connectivity index (χ0n) is 11.7. The first kappa shape index (κ1) is 17.2. The van der Waals surface area contributed by atoms with Gasteiger partial charge in [0.15, 0.2) is 5.84 Å². The van der Waals surface area contributed by atoms with Gasteiger partial charge in [0.1, 0.15) is 6.10 Å². The summed E-state index contributed by atoms with van der Waals surface area (Å²) >= 11 is 0. The molecule has 18 heavy (non-hydrogen) atoms. The van der Waals surface area contributed by atoms with Crippen molar-refractivity contribution >= 4 is 5.84 Å². The molecule has 0 radical (unpaired) electrons. The number of nitrogens with zero attached hydrogens (tertiary/aromatic N) is 1. The lowest BCUT2D eigenvalue weighted by Crippen LogP contribution is -2.31. The maximum absolute atomic E-state index is 8.42. The summed E-state index contributed by atoms with van der Waals surface area (Å²) < 4.78 is 10.8. The van der Waals surface area contributed by atoms with Gasteiger partial charge < -0.3 is 25.7 Å². The van der Waals surface area contributed by atoms with E-state index in [0.29, 0.717) is 12.7 Å². The summed E-state index contributed by atoms with van der Waals surface area (Å²) in [5, 5.41) is 14.6. The highest BCUT2D eigenvalue weighted by Crippen LogP contribution is 1.93. The summed E-state index contributed by atoms with van der Waals surface area (Å²) in [7, 11) is 0. The molecule has 1 unspecified atom stereocenters. The van der Waals surface area contributed by atoms with Crippen LogP contribution in [0.4, 0.5) is 0 Å². The highest BCUT2D eigenvalue weighted by atomic mass is 16.5. The van der Waals surface area contributed by atoms with Crippen molar-refractivity contribution in [3.05, 3.63) is 0 Å². The van der Waals surface area contributed by atoms with Crippen LogP contribution in [-0.4, -0.2) is 49.6 Å². The molecule has 0 aromatic rings. The van der Waals surface area contributed by atoms with Crippen LogP contribution < -0.4 is 11.1 Å². The molecule has 1 atom stereocenters. The molecule has 0 aliphatic heterocycles. The first-order chi connectivity index (χ1) is 8.57. The van der Waals surface area contributed by atoms with Crippen molar-refractivity contribution in [2.45, 2.75) is 45.8 Å². The Morgan fingerprint density at radius 3 is 2.50 bits per heavy atom. The van der Waals surface area contributed by atoms with Crippen LogP contribution in [-0.2, 0) is 9.47 Å². The highest BCUT2D eigenvalue weighted by Gasteiger charge is 2.06. The molecule has 0 aliphatic rings. The predicted molar refractivity (Wildman–Crippen MR) is 72.0 cm³/mol. The third kappa shape index (κ3) is 10.3. The summed E-state index contributed by atoms with van der Waals surface area (Å²) in [6, 6.07) is 0. The zero-order valence-corrected chi connectivity index (χ0v) is 11.7. The third-order valence-electron chi connectivity index (χ3n) is 2.38. The van der Waals surface area contributed by atoms with Gasteiger partial charge in [-0.15, -0.1) is 0 Å². The van der Waals surface area contributed by atoms with Crippen LogP contribution in [0.1, 0.15) is 33.6 Å². The Kier molecular flexibility index (Phi) is 10.7. The van der Waals surface area contributed by atoms with Crippen molar-refractivity contribution in [1.29, 1.82) is 0 Å². The Morgan fingerprint density at radius 1 is 1.17 bits per heavy atom. The molecule has 0 bridgehead atoms. The molecule has 0 aliphatic carbocycles. The van der Waals surface area contributed by atoms with E-state index < -0.39 is 0 Å². The first-order valence-corrected chi connectivity index (χ1v) is 6.49. The largest absolute Gasteiger partial charge is 0.409 e. The number of amidine groups is 1. The van der Waals surface area contributed by atoms with Crippen molar-refractivity contribution in [1.82, 2.24) is 5.32 Å². The third-order valence-corrected chi connectivity index (χ3v) is 2.38. The average Bonchev–Trinajstić information content (AvgIpc) is 2.35. The minimum absolute atomic E-state index is 0.0980. The molecular weight excluding hydrogens is 234 g/mol. The Bertz CT molecular complexity index is 223. The van der Waals surface area contributed by atoms with E-state index in [4.69, 9.17) is 20.4 Å². The van der Waals surface area contributed by atoms with E-state index in [1.165, 1.54) is 0 Å². The fraction of sp³-hybridized carbons (Fsp3) is 0.917. The Balaban J connectivity index is 3.21. The molecule has 0 aromatic heterocycles. The molecule has 6 nitrogen and oxygen atoms in total. The fourth-order valence-electron chi connectivity index (χ4n) is 1.27. The summed E-state index contributed by atoms with van der Waals surface area (Å²) in [5.41, 5.74) is 5.38. The smallest absolute Gasteiger partial charge is 0.168 e. The second-order valence-electron chi connectivity index (χ2n) is 4.41. The van der Waals surface area contributed by atoms with Gasteiger partial charge in [-0.3, -0.25) is 0 Å². The molecule has 108 valence electrons. The van der Waals surface area contributed by atoms with Crippen LogP contribution in [0.2, 0.25) is 0 Å². The summed E-state index contributed by atoms with van der Waals surface area (Å²) in [5.74, 6) is 0.0980. The molecule has 0 spiro atoms. The Morgan fingerprint density at radius 2 is 1.89 bits per heavy atom. The number of nitrogens with one attached hydrogen (secondary N) is 1. The van der Waals surface area contributed by atoms with Crippen LogP contribution in [0.5, 0.6) is 0 Å². The van der Waals surface area contributed by atoms with Gasteiger partial charge in [-0.25, -0.2) is 0 Å². The number of oxime groups is 1. The number of hydrogen-bond acceptors (Lipinski definition) is 5. The predicted octanol–water partition coefficient (Wildman–Crippen LogP) is 0.933. The molecule has 0 heterocycles. The monoisotopic (exact) mass is 261 g/mol. The van der Waals surface area contributed by atoms with Gasteiger partial charge in [0.25, 0.3) is 0 Å². The van der Waals surface area contributed by atoms with Gasteiger partial charge >= 0.3 is 0 Å². The van der Waals surface area contributed by atoms with Crippen LogP contribution in [0, 0.1) is 0 Å². The van der Waals surface area contributed by atoms with E-state index in [2.05, 4.69) is 10.5 Å². The topological polar surface area (TPSA) is 89.1 Å². The maximum atomic E-state index is 8.42. The summed E-state index contributed by atoms with van der Waals surface area (Å²) in [6.45, 7) is 8.89. The SMILES string of the molecule is CC(C)OCCCCNCCOC(C)C(N)=NO. The Hall–Kier alpha value is -0.850. The molecule has 0 saturated carbocycles. The van der Waals surface area contributed by atoms with Crippen molar-refractivity contribution in [2.75, 3.05) is 26.3 Å². The zero-order chi connectivity index (χ0) is 13.8. The molecule has 0 fully saturated rings. The Labute approximate surface area is 110 Å². The molecule has 6 heteroatoms. The van der Waals surface area contributed by atoms with Crippen molar-refractivity contribution in [2.24, 2.45) is 10.9 Å². The number of hydrogen-bond donors (Lipinski definition) is 3. The average molecular weight is 261 g/mol. The van der Waals surface area contributed by atoms with Crippen molar-refractivity contribution in [3.8, 4) is 0 Å². The van der Waals surface area contributed by atoms with Gasteiger partial charge in [0.05, 0.1) is 12.7 Å². The molecule has 0 amide bonds. The van der Waals surface area contributed by atoms with Crippen LogP contribution >= 0.6 is 0 Å². The molecule has 0 saturated heterocycles. The summed E-state index contributed by atoms with van der Waals surface area (Å²) in [4.78, 5) is 0. The van der Waals surface area contributed by atoms with Gasteiger partial charge in [-0.05, 0) is 40.2 Å². The first-order valence-electron chi connectivity index (χ1n) is 6.49. The minimum atomic E-state index is -0.351. The maximum Gasteiger partial charge on any atom is 0.168 e. The lowest BCUT2D eigenvalue weighted by Gasteiger charge is -2.11. The normalized spacial score (nSPS) is 14.1. The van der Waals surface area contributed by atoms with Gasteiger partial charge in [0.2, 0.25) is 0 Å². The van der Waals surface area contributed by atoms with E-state index >= 15 is 0 Å². The van der Waals surface area contributed by atoms with E-state index in [1.807, 2.05) is 13.8 Å². The van der Waals surface area contributed by atoms with E-state index in [9.17, 15) is 0 Å². The van der Waals surface area contributed by atoms with Crippen molar-refractivity contribution < 1.29 is 14.7 Å². The van der Waals surface area contributed by atoms with E-state index in [0.717, 1.165) is 32.5 Å². The second kappa shape index (κ2) is 11.3. The number of ether oxygens (including phenoxy) is 2. The van der Waals surface area contributed by atoms with Gasteiger partial charge in [-0.2, -0.15) is 0 Å². The molecule has 0 rings (SSSR count). The van der Waals surface area contributed by atoms with Crippen LogP contribution in [0.15, 0.2) is 5.16 Å². The molecular formula is C12H27N3O3. The lowest BCUT2D eigenvalue weighted by molar-refractivity contribution is 0.0757.